The molecule has 1 saturated heterocycles. The van der Waals surface area contributed by atoms with E-state index in [2.05, 4.69) is 9.62 Å². The van der Waals surface area contributed by atoms with Gasteiger partial charge in [-0.3, -0.25) is 4.79 Å². The van der Waals surface area contributed by atoms with Crippen LogP contribution in [0, 0.1) is 5.82 Å². The van der Waals surface area contributed by atoms with Crippen LogP contribution in [0.3, 0.4) is 0 Å². The van der Waals surface area contributed by atoms with E-state index in [1.54, 1.807) is 42.2 Å². The van der Waals surface area contributed by atoms with E-state index in [1.165, 1.54) is 30.3 Å². The van der Waals surface area contributed by atoms with Gasteiger partial charge in [0.25, 0.3) is 0 Å². The van der Waals surface area contributed by atoms with Crippen molar-refractivity contribution in [3.8, 4) is 0 Å². The molecular formula is C21H24FN3O3S. The van der Waals surface area contributed by atoms with Crippen molar-refractivity contribution >= 4 is 27.7 Å². The standard InChI is InChI=1S/C21H24FN3O3S/c1-2-23-29(27,28)20-10-3-17(4-11-20)5-12-21(26)25-15-13-24(14-16-25)19-8-6-18(22)7-9-19/h3-12,23H,2,13-16H2,1H3/b12-5+. The summed E-state index contributed by atoms with van der Waals surface area (Å²) in [5.41, 5.74) is 1.69. The molecule has 8 heteroatoms. The summed E-state index contributed by atoms with van der Waals surface area (Å²) in [5.74, 6) is -0.354. The number of piperazine rings is 1. The van der Waals surface area contributed by atoms with Crippen molar-refractivity contribution in [2.75, 3.05) is 37.6 Å². The summed E-state index contributed by atoms with van der Waals surface area (Å²) in [6.45, 7) is 4.58. The Kier molecular flexibility index (Phi) is 6.66. The van der Waals surface area contributed by atoms with E-state index >= 15 is 0 Å². The quantitative estimate of drug-likeness (QED) is 0.734. The molecule has 0 unspecified atom stereocenters. The number of anilines is 1. The van der Waals surface area contributed by atoms with Crippen molar-refractivity contribution in [1.29, 1.82) is 0 Å². The van der Waals surface area contributed by atoms with Gasteiger partial charge < -0.3 is 9.80 Å². The molecule has 2 aromatic carbocycles. The van der Waals surface area contributed by atoms with Crippen molar-refractivity contribution in [3.05, 3.63) is 66.0 Å². The highest BCUT2D eigenvalue weighted by Crippen LogP contribution is 2.17. The van der Waals surface area contributed by atoms with Gasteiger partial charge in [0.15, 0.2) is 0 Å². The summed E-state index contributed by atoms with van der Waals surface area (Å²) < 4.78 is 39.4. The molecule has 2 aromatic rings. The molecule has 0 saturated carbocycles. The lowest BCUT2D eigenvalue weighted by molar-refractivity contribution is -0.126. The third-order valence-electron chi connectivity index (χ3n) is 4.73. The fourth-order valence-corrected chi connectivity index (χ4v) is 4.18. The molecule has 1 heterocycles. The second-order valence-electron chi connectivity index (χ2n) is 6.69. The van der Waals surface area contributed by atoms with Crippen LogP contribution in [0.2, 0.25) is 0 Å². The Morgan fingerprint density at radius 3 is 2.24 bits per heavy atom. The van der Waals surface area contributed by atoms with Crippen molar-refractivity contribution in [2.24, 2.45) is 0 Å². The first-order chi connectivity index (χ1) is 13.9. The van der Waals surface area contributed by atoms with Gasteiger partial charge in [0.2, 0.25) is 15.9 Å². The average Bonchev–Trinajstić information content (AvgIpc) is 2.73. The van der Waals surface area contributed by atoms with Crippen LogP contribution in [0.25, 0.3) is 6.08 Å². The normalized spacial score (nSPS) is 15.1. The van der Waals surface area contributed by atoms with Crippen molar-refractivity contribution in [1.82, 2.24) is 9.62 Å². The number of nitrogens with zero attached hydrogens (tertiary/aromatic N) is 2. The third kappa shape index (κ3) is 5.42. The predicted molar refractivity (Wildman–Crippen MR) is 112 cm³/mol. The number of carbonyl (C=O) groups excluding carboxylic acids is 1. The summed E-state index contributed by atoms with van der Waals surface area (Å²) >= 11 is 0. The molecule has 1 fully saturated rings. The zero-order chi connectivity index (χ0) is 20.9. The molecule has 1 aliphatic heterocycles. The Bertz CT molecular complexity index is 965. The summed E-state index contributed by atoms with van der Waals surface area (Å²) in [7, 11) is -3.48. The van der Waals surface area contributed by atoms with E-state index in [0.717, 1.165) is 11.3 Å². The molecule has 0 aliphatic carbocycles. The van der Waals surface area contributed by atoms with Crippen LogP contribution < -0.4 is 9.62 Å². The zero-order valence-electron chi connectivity index (χ0n) is 16.2. The van der Waals surface area contributed by atoms with E-state index in [9.17, 15) is 17.6 Å². The van der Waals surface area contributed by atoms with Gasteiger partial charge in [0.1, 0.15) is 5.82 Å². The third-order valence-corrected chi connectivity index (χ3v) is 6.29. The van der Waals surface area contributed by atoms with Gasteiger partial charge >= 0.3 is 0 Å². The van der Waals surface area contributed by atoms with Crippen LogP contribution in [0.1, 0.15) is 12.5 Å². The number of nitrogens with one attached hydrogen (secondary N) is 1. The van der Waals surface area contributed by atoms with Gasteiger partial charge in [-0.1, -0.05) is 19.1 Å². The first-order valence-electron chi connectivity index (χ1n) is 9.46. The smallest absolute Gasteiger partial charge is 0.246 e. The van der Waals surface area contributed by atoms with E-state index < -0.39 is 10.0 Å². The highest BCUT2D eigenvalue weighted by atomic mass is 32.2. The summed E-state index contributed by atoms with van der Waals surface area (Å²) in [4.78, 5) is 16.5. The highest BCUT2D eigenvalue weighted by molar-refractivity contribution is 7.89. The maximum absolute atomic E-state index is 13.0. The topological polar surface area (TPSA) is 69.7 Å². The summed E-state index contributed by atoms with van der Waals surface area (Å²) in [6.07, 6.45) is 3.18. The van der Waals surface area contributed by atoms with Crippen molar-refractivity contribution in [3.63, 3.8) is 0 Å². The maximum atomic E-state index is 13.0. The lowest BCUT2D eigenvalue weighted by atomic mass is 10.2. The Labute approximate surface area is 170 Å². The molecule has 1 N–H and O–H groups in total. The molecule has 0 bridgehead atoms. The fourth-order valence-electron chi connectivity index (χ4n) is 3.14. The molecule has 29 heavy (non-hydrogen) atoms. The van der Waals surface area contributed by atoms with Gasteiger partial charge in [0.05, 0.1) is 4.90 Å². The first kappa shape index (κ1) is 21.0. The highest BCUT2D eigenvalue weighted by Gasteiger charge is 2.20. The molecule has 0 atom stereocenters. The molecule has 154 valence electrons. The van der Waals surface area contributed by atoms with Crippen LogP contribution in [0.5, 0.6) is 0 Å². The van der Waals surface area contributed by atoms with Crippen molar-refractivity contribution in [2.45, 2.75) is 11.8 Å². The van der Waals surface area contributed by atoms with Crippen LogP contribution in [-0.2, 0) is 14.8 Å². The Balaban J connectivity index is 1.55. The molecule has 1 aliphatic rings. The van der Waals surface area contributed by atoms with Crippen LogP contribution in [0.4, 0.5) is 10.1 Å². The van der Waals surface area contributed by atoms with E-state index in [1.807, 2.05) is 0 Å². The fraction of sp³-hybridized carbons (Fsp3) is 0.286. The molecular weight excluding hydrogens is 393 g/mol. The monoisotopic (exact) mass is 417 g/mol. The number of sulfonamides is 1. The minimum atomic E-state index is -3.48. The second kappa shape index (κ2) is 9.19. The molecule has 0 radical (unpaired) electrons. The number of halogens is 1. The lowest BCUT2D eigenvalue weighted by Gasteiger charge is -2.35. The van der Waals surface area contributed by atoms with Crippen LogP contribution in [-0.4, -0.2) is 51.9 Å². The van der Waals surface area contributed by atoms with Crippen LogP contribution >= 0.6 is 0 Å². The maximum Gasteiger partial charge on any atom is 0.246 e. The molecule has 0 aromatic heterocycles. The Morgan fingerprint density at radius 2 is 1.66 bits per heavy atom. The largest absolute Gasteiger partial charge is 0.368 e. The first-order valence-corrected chi connectivity index (χ1v) is 10.9. The Morgan fingerprint density at radius 1 is 1.03 bits per heavy atom. The SMILES string of the molecule is CCNS(=O)(=O)c1ccc(/C=C/C(=O)N2CCN(c3ccc(F)cc3)CC2)cc1. The minimum absolute atomic E-state index is 0.0897. The Hall–Kier alpha value is -2.71. The van der Waals surface area contributed by atoms with Gasteiger partial charge in [0, 0.05) is 44.5 Å². The second-order valence-corrected chi connectivity index (χ2v) is 8.46. The number of rotatable bonds is 6. The van der Waals surface area contributed by atoms with Crippen molar-refractivity contribution < 1.29 is 17.6 Å². The number of carbonyl (C=O) groups is 1. The lowest BCUT2D eigenvalue weighted by Crippen LogP contribution is -2.48. The van der Waals surface area contributed by atoms with E-state index in [-0.39, 0.29) is 16.6 Å². The molecule has 1 amide bonds. The predicted octanol–water partition coefficient (Wildman–Crippen LogP) is 2.49. The number of amides is 1. The average molecular weight is 418 g/mol. The number of hydrogen-bond acceptors (Lipinski definition) is 4. The number of hydrogen-bond donors (Lipinski definition) is 1. The van der Waals surface area contributed by atoms with Crippen LogP contribution in [0.15, 0.2) is 59.5 Å². The van der Waals surface area contributed by atoms with Gasteiger partial charge in [-0.05, 0) is 48.0 Å². The zero-order valence-corrected chi connectivity index (χ0v) is 17.0. The molecule has 3 rings (SSSR count). The van der Waals surface area contributed by atoms with Gasteiger partial charge in [-0.2, -0.15) is 0 Å². The summed E-state index contributed by atoms with van der Waals surface area (Å²) in [6, 6.07) is 12.7. The van der Waals surface area contributed by atoms with E-state index in [4.69, 9.17) is 0 Å². The minimum Gasteiger partial charge on any atom is -0.368 e. The van der Waals surface area contributed by atoms with Gasteiger partial charge in [-0.15, -0.1) is 0 Å². The number of benzene rings is 2. The summed E-state index contributed by atoms with van der Waals surface area (Å²) in [5, 5.41) is 0. The van der Waals surface area contributed by atoms with Gasteiger partial charge in [-0.25, -0.2) is 17.5 Å². The molecule has 6 nitrogen and oxygen atoms in total. The van der Waals surface area contributed by atoms with E-state index in [0.29, 0.717) is 32.7 Å². The molecule has 0 spiro atoms.